The first-order valence-corrected chi connectivity index (χ1v) is 12.2. The Balaban J connectivity index is 1.35. The van der Waals surface area contributed by atoms with E-state index in [0.29, 0.717) is 18.1 Å². The van der Waals surface area contributed by atoms with Gasteiger partial charge >= 0.3 is 0 Å². The van der Waals surface area contributed by atoms with Crippen LogP contribution in [0, 0.1) is 0 Å². The predicted octanol–water partition coefficient (Wildman–Crippen LogP) is 5.95. The van der Waals surface area contributed by atoms with E-state index in [2.05, 4.69) is 20.5 Å². The molecule has 1 saturated heterocycles. The molecule has 1 fully saturated rings. The summed E-state index contributed by atoms with van der Waals surface area (Å²) >= 11 is 13.4. The highest BCUT2D eigenvalue weighted by molar-refractivity contribution is 7.80. The van der Waals surface area contributed by atoms with Gasteiger partial charge in [0.05, 0.1) is 22.1 Å². The van der Waals surface area contributed by atoms with Crippen molar-refractivity contribution < 1.29 is 4.79 Å². The third-order valence-corrected chi connectivity index (χ3v) is 7.38. The van der Waals surface area contributed by atoms with E-state index in [4.69, 9.17) is 23.8 Å². The van der Waals surface area contributed by atoms with Gasteiger partial charge in [0.2, 0.25) is 5.91 Å². The maximum Gasteiger partial charge on any atom is 0.226 e. The lowest BCUT2D eigenvalue weighted by Gasteiger charge is -2.26. The van der Waals surface area contributed by atoms with Crippen LogP contribution >= 0.6 is 35.2 Å². The molecule has 1 aliphatic heterocycles. The van der Waals surface area contributed by atoms with Crippen LogP contribution in [0.1, 0.15) is 29.1 Å². The molecule has 0 spiro atoms. The normalized spacial score (nSPS) is 17.8. The fourth-order valence-corrected chi connectivity index (χ4v) is 5.76. The number of thiocarbonyl (C=S) groups is 1. The summed E-state index contributed by atoms with van der Waals surface area (Å²) < 4.78 is 0.719. The van der Waals surface area contributed by atoms with Crippen molar-refractivity contribution in [3.63, 3.8) is 0 Å². The van der Waals surface area contributed by atoms with Crippen LogP contribution < -0.4 is 10.6 Å². The quantitative estimate of drug-likeness (QED) is 0.326. The van der Waals surface area contributed by atoms with Gasteiger partial charge in [0, 0.05) is 35.1 Å². The van der Waals surface area contributed by atoms with Crippen LogP contribution in [0.25, 0.3) is 10.8 Å². The average molecular weight is 493 g/mol. The second-order valence-corrected chi connectivity index (χ2v) is 9.92. The first-order chi connectivity index (χ1) is 16.1. The Morgan fingerprint density at radius 3 is 2.70 bits per heavy atom. The van der Waals surface area contributed by atoms with Gasteiger partial charge < -0.3 is 15.5 Å². The van der Waals surface area contributed by atoms with Crippen molar-refractivity contribution in [1.82, 2.24) is 15.2 Å². The highest BCUT2D eigenvalue weighted by atomic mass is 35.5. The second-order valence-electron chi connectivity index (χ2n) is 7.79. The lowest BCUT2D eigenvalue weighted by molar-refractivity contribution is -0.116. The topological polar surface area (TPSA) is 57.3 Å². The molecule has 0 aliphatic carbocycles. The van der Waals surface area contributed by atoms with E-state index in [1.165, 1.54) is 11.3 Å². The molecule has 2 unspecified atom stereocenters. The van der Waals surface area contributed by atoms with Crippen molar-refractivity contribution in [1.29, 1.82) is 0 Å². The summed E-state index contributed by atoms with van der Waals surface area (Å²) in [5.41, 5.74) is 1.71. The Hall–Kier alpha value is -3.00. The Kier molecular flexibility index (Phi) is 6.26. The van der Waals surface area contributed by atoms with Gasteiger partial charge in [0.25, 0.3) is 0 Å². The zero-order chi connectivity index (χ0) is 22.8. The molecule has 166 valence electrons. The lowest BCUT2D eigenvalue weighted by Crippen LogP contribution is -2.32. The molecular formula is C25H21ClN4OS2. The van der Waals surface area contributed by atoms with Gasteiger partial charge in [-0.1, -0.05) is 54.1 Å². The summed E-state index contributed by atoms with van der Waals surface area (Å²) in [4.78, 5) is 20.6. The van der Waals surface area contributed by atoms with Crippen LogP contribution in [0.4, 0.5) is 5.69 Å². The van der Waals surface area contributed by atoms with Crippen molar-refractivity contribution >= 4 is 62.6 Å². The number of nitrogens with zero attached hydrogens (tertiary/aromatic N) is 2. The van der Waals surface area contributed by atoms with Crippen LogP contribution in [-0.4, -0.2) is 27.4 Å². The van der Waals surface area contributed by atoms with Gasteiger partial charge in [-0.3, -0.25) is 9.78 Å². The number of halogens is 1. The number of hydrogen-bond donors (Lipinski definition) is 2. The van der Waals surface area contributed by atoms with Crippen molar-refractivity contribution in [2.24, 2.45) is 0 Å². The maximum absolute atomic E-state index is 12.9. The molecule has 0 radical (unpaired) electrons. The van der Waals surface area contributed by atoms with Gasteiger partial charge in [0.15, 0.2) is 5.11 Å². The number of benzene rings is 2. The summed E-state index contributed by atoms with van der Waals surface area (Å²) in [7, 11) is 0. The van der Waals surface area contributed by atoms with Gasteiger partial charge in [0.1, 0.15) is 0 Å². The fourth-order valence-electron chi connectivity index (χ4n) is 4.21. The predicted molar refractivity (Wildman–Crippen MR) is 139 cm³/mol. The van der Waals surface area contributed by atoms with Crippen molar-refractivity contribution in [3.8, 4) is 0 Å². The Labute approximate surface area is 206 Å². The number of amides is 1. The minimum Gasteiger partial charge on any atom is -0.352 e. The van der Waals surface area contributed by atoms with Crippen molar-refractivity contribution in [2.45, 2.75) is 18.5 Å². The Bertz CT molecular complexity index is 1300. The highest BCUT2D eigenvalue weighted by Crippen LogP contribution is 2.42. The third kappa shape index (κ3) is 4.57. The molecule has 8 heteroatoms. The number of pyridine rings is 1. The number of anilines is 1. The van der Waals surface area contributed by atoms with E-state index in [1.807, 2.05) is 72.8 Å². The average Bonchev–Trinajstić information content (AvgIpc) is 3.41. The molecule has 1 amide bonds. The summed E-state index contributed by atoms with van der Waals surface area (Å²) in [5, 5.41) is 9.19. The maximum atomic E-state index is 12.9. The lowest BCUT2D eigenvalue weighted by atomic mass is 10.0. The van der Waals surface area contributed by atoms with Gasteiger partial charge in [-0.15, -0.1) is 11.3 Å². The van der Waals surface area contributed by atoms with Gasteiger partial charge in [-0.25, -0.2) is 0 Å². The number of aromatic nitrogens is 1. The molecule has 2 aromatic heterocycles. The van der Waals surface area contributed by atoms with E-state index in [9.17, 15) is 4.79 Å². The molecule has 2 atom stereocenters. The van der Waals surface area contributed by atoms with E-state index in [0.717, 1.165) is 31.4 Å². The van der Waals surface area contributed by atoms with E-state index in [1.54, 1.807) is 6.20 Å². The van der Waals surface area contributed by atoms with Crippen LogP contribution in [-0.2, 0) is 4.79 Å². The molecule has 2 N–H and O–H groups in total. The minimum atomic E-state index is -0.116. The van der Waals surface area contributed by atoms with Crippen LogP contribution in [0.2, 0.25) is 4.34 Å². The molecule has 0 bridgehead atoms. The monoisotopic (exact) mass is 492 g/mol. The molecule has 3 heterocycles. The number of carbonyl (C=O) groups excluding carboxylic acids is 1. The standard InChI is InChI=1S/C25H21ClN4OS2/c26-21-12-11-20(33-21)24-23(19-9-3-4-14-27-19)29-25(32)30(24)15-13-22(31)28-18-10-5-7-16-6-1-2-8-17(16)18/h1-12,14,23-24H,13,15H2,(H,28,31)(H,29,32). The molecule has 0 saturated carbocycles. The van der Waals surface area contributed by atoms with Crippen LogP contribution in [0.15, 0.2) is 79.0 Å². The van der Waals surface area contributed by atoms with Crippen LogP contribution in [0.3, 0.4) is 0 Å². The molecule has 2 aromatic carbocycles. The summed E-state index contributed by atoms with van der Waals surface area (Å²) in [6.45, 7) is 0.478. The van der Waals surface area contributed by atoms with E-state index < -0.39 is 0 Å². The van der Waals surface area contributed by atoms with Crippen molar-refractivity contribution in [3.05, 3.63) is 93.9 Å². The Morgan fingerprint density at radius 1 is 1.09 bits per heavy atom. The molecule has 1 aliphatic rings. The fraction of sp³-hybridized carbons (Fsp3) is 0.160. The molecule has 5 rings (SSSR count). The van der Waals surface area contributed by atoms with E-state index >= 15 is 0 Å². The zero-order valence-corrected chi connectivity index (χ0v) is 20.0. The summed E-state index contributed by atoms with van der Waals surface area (Å²) in [6.07, 6.45) is 2.08. The van der Waals surface area contributed by atoms with Crippen molar-refractivity contribution in [2.75, 3.05) is 11.9 Å². The number of rotatable bonds is 6. The molecular weight excluding hydrogens is 472 g/mol. The van der Waals surface area contributed by atoms with Crippen LogP contribution in [0.5, 0.6) is 0 Å². The third-order valence-electron chi connectivity index (χ3n) is 5.73. The zero-order valence-electron chi connectivity index (χ0n) is 17.6. The molecule has 5 nitrogen and oxygen atoms in total. The number of carbonyl (C=O) groups is 1. The Morgan fingerprint density at radius 2 is 1.91 bits per heavy atom. The summed E-state index contributed by atoms with van der Waals surface area (Å²) in [6, 6.07) is 23.5. The molecule has 4 aromatic rings. The number of nitrogens with one attached hydrogen (secondary N) is 2. The largest absolute Gasteiger partial charge is 0.352 e. The first kappa shape index (κ1) is 21.8. The van der Waals surface area contributed by atoms with Gasteiger partial charge in [-0.05, 0) is 47.9 Å². The first-order valence-electron chi connectivity index (χ1n) is 10.6. The highest BCUT2D eigenvalue weighted by Gasteiger charge is 2.40. The number of hydrogen-bond acceptors (Lipinski definition) is 4. The number of fused-ring (bicyclic) bond motifs is 1. The smallest absolute Gasteiger partial charge is 0.226 e. The van der Waals surface area contributed by atoms with Gasteiger partial charge in [-0.2, -0.15) is 0 Å². The van der Waals surface area contributed by atoms with E-state index in [-0.39, 0.29) is 18.0 Å². The SMILES string of the molecule is O=C(CCN1C(=S)NC(c2ccccn2)C1c1ccc(Cl)s1)Nc1cccc2ccccc12. The number of thiophene rings is 1. The summed E-state index contributed by atoms with van der Waals surface area (Å²) in [5.74, 6) is -0.0570. The minimum absolute atomic E-state index is 0.0570. The second kappa shape index (κ2) is 9.47. The molecule has 33 heavy (non-hydrogen) atoms.